The molecule has 6 heteroatoms. The van der Waals surface area contributed by atoms with E-state index in [2.05, 4.69) is 6.07 Å². The summed E-state index contributed by atoms with van der Waals surface area (Å²) in [4.78, 5) is 12.1. The number of carbonyl (C=O) groups is 1. The molecule has 0 atom stereocenters. The van der Waals surface area contributed by atoms with Crippen LogP contribution in [-0.4, -0.2) is 26.2 Å². The maximum Gasteiger partial charge on any atom is 0.337 e. The fraction of sp³-hybridized carbons (Fsp3) is 0.833. The lowest BCUT2D eigenvalue weighted by Gasteiger charge is -2.24. The molecule has 0 heterocycles. The first-order valence-corrected chi connectivity index (χ1v) is 7.65. The normalized spacial score (nSPS) is 12.2. The second-order valence-corrected chi connectivity index (χ2v) is 7.07. The van der Waals surface area contributed by atoms with Gasteiger partial charge in [-0.3, -0.25) is 9.36 Å². The van der Waals surface area contributed by atoms with Gasteiger partial charge in [-0.15, -0.1) is 0 Å². The largest absolute Gasteiger partial charge is 0.337 e. The fourth-order valence-corrected chi connectivity index (χ4v) is 2.69. The van der Waals surface area contributed by atoms with E-state index in [1.165, 1.54) is 14.2 Å². The van der Waals surface area contributed by atoms with Gasteiger partial charge in [0.2, 0.25) is 0 Å². The van der Waals surface area contributed by atoms with Gasteiger partial charge in [0.15, 0.2) is 5.78 Å². The molecular formula is C12H22NO4P. The van der Waals surface area contributed by atoms with Crippen LogP contribution in [0.2, 0.25) is 0 Å². The van der Waals surface area contributed by atoms with Crippen molar-refractivity contribution in [1.29, 1.82) is 5.26 Å². The van der Waals surface area contributed by atoms with E-state index in [0.717, 1.165) is 12.8 Å². The van der Waals surface area contributed by atoms with Crippen LogP contribution in [-0.2, 0) is 18.4 Å². The van der Waals surface area contributed by atoms with Crippen molar-refractivity contribution in [3.8, 4) is 6.07 Å². The Labute approximate surface area is 109 Å². The molecule has 0 aromatic heterocycles. The average Bonchev–Trinajstić information content (AvgIpc) is 2.34. The smallest absolute Gasteiger partial charge is 0.312 e. The van der Waals surface area contributed by atoms with Gasteiger partial charge >= 0.3 is 7.60 Å². The van der Waals surface area contributed by atoms with E-state index >= 15 is 0 Å². The molecule has 18 heavy (non-hydrogen) atoms. The van der Waals surface area contributed by atoms with Gasteiger partial charge in [-0.25, -0.2) is 0 Å². The first kappa shape index (κ1) is 17.3. The molecule has 0 aliphatic rings. The van der Waals surface area contributed by atoms with Crippen LogP contribution in [0, 0.1) is 16.7 Å². The van der Waals surface area contributed by atoms with Crippen LogP contribution in [0.25, 0.3) is 0 Å². The molecule has 0 amide bonds. The first-order valence-electron chi connectivity index (χ1n) is 5.92. The fourth-order valence-electron chi connectivity index (χ4n) is 1.50. The van der Waals surface area contributed by atoms with E-state index in [1.807, 2.05) is 13.8 Å². The van der Waals surface area contributed by atoms with Crippen molar-refractivity contribution in [3.63, 3.8) is 0 Å². The highest BCUT2D eigenvalue weighted by atomic mass is 31.2. The third-order valence-corrected chi connectivity index (χ3v) is 4.78. The van der Waals surface area contributed by atoms with E-state index < -0.39 is 13.0 Å². The summed E-state index contributed by atoms with van der Waals surface area (Å²) < 4.78 is 21.4. The summed E-state index contributed by atoms with van der Waals surface area (Å²) in [6.45, 7) is 3.63. The molecule has 5 nitrogen and oxygen atoms in total. The van der Waals surface area contributed by atoms with Crippen molar-refractivity contribution in [2.45, 2.75) is 39.5 Å². The van der Waals surface area contributed by atoms with Crippen LogP contribution in [0.1, 0.15) is 39.5 Å². The van der Waals surface area contributed by atoms with Crippen molar-refractivity contribution in [3.05, 3.63) is 0 Å². The first-order chi connectivity index (χ1) is 8.31. The van der Waals surface area contributed by atoms with Gasteiger partial charge in [0.25, 0.3) is 0 Å². The van der Waals surface area contributed by atoms with Crippen LogP contribution in [0.5, 0.6) is 0 Å². The monoisotopic (exact) mass is 275 g/mol. The molecule has 0 saturated carbocycles. The summed E-state index contributed by atoms with van der Waals surface area (Å²) >= 11 is 0. The van der Waals surface area contributed by atoms with Crippen molar-refractivity contribution in [1.82, 2.24) is 0 Å². The number of ketones is 1. The second-order valence-electron chi connectivity index (χ2n) is 4.81. The number of nitrogens with zero attached hydrogens (tertiary/aromatic N) is 1. The highest BCUT2D eigenvalue weighted by Gasteiger charge is 2.34. The Hall–Kier alpha value is -0.690. The highest BCUT2D eigenvalue weighted by Crippen LogP contribution is 2.47. The summed E-state index contributed by atoms with van der Waals surface area (Å²) in [5, 5.41) is 8.43. The zero-order valence-electron chi connectivity index (χ0n) is 11.6. The van der Waals surface area contributed by atoms with Crippen LogP contribution >= 0.6 is 7.60 Å². The minimum absolute atomic E-state index is 0.133. The van der Waals surface area contributed by atoms with E-state index in [4.69, 9.17) is 14.3 Å². The summed E-state index contributed by atoms with van der Waals surface area (Å²) in [5.41, 5.74) is -0.567. The number of hydrogen-bond acceptors (Lipinski definition) is 5. The number of Topliss-reactive ketones (excluding diaryl/α,β-unsaturated/α-hetero) is 1. The Morgan fingerprint density at radius 2 is 1.83 bits per heavy atom. The number of carbonyl (C=O) groups excluding carboxylic acids is 1. The summed E-state index contributed by atoms with van der Waals surface area (Å²) in [6, 6.07) is 2.07. The Bertz CT molecular complexity index is 352. The minimum atomic E-state index is -3.28. The molecule has 0 bridgehead atoms. The quantitative estimate of drug-likeness (QED) is 0.477. The lowest BCUT2D eigenvalue weighted by Crippen LogP contribution is -2.27. The number of rotatable bonds is 9. The maximum atomic E-state index is 12.1. The molecule has 0 radical (unpaired) electrons. The lowest BCUT2D eigenvalue weighted by molar-refractivity contribution is -0.125. The Balaban J connectivity index is 4.39. The predicted octanol–water partition coefficient (Wildman–Crippen LogP) is 3.15. The SMILES string of the molecule is COP(=O)(CC(=O)C(C)(C)CCCCC#N)OC. The van der Waals surface area contributed by atoms with E-state index in [1.54, 1.807) is 0 Å². The van der Waals surface area contributed by atoms with Gasteiger partial charge < -0.3 is 9.05 Å². The molecule has 0 aliphatic carbocycles. The highest BCUT2D eigenvalue weighted by molar-refractivity contribution is 7.54. The zero-order chi connectivity index (χ0) is 14.2. The molecule has 0 unspecified atom stereocenters. The Morgan fingerprint density at radius 3 is 2.28 bits per heavy atom. The third kappa shape index (κ3) is 5.77. The molecule has 0 rings (SSSR count). The number of hydrogen-bond donors (Lipinski definition) is 0. The van der Waals surface area contributed by atoms with Crippen molar-refractivity contribution >= 4 is 13.4 Å². The molecule has 0 fully saturated rings. The second kappa shape index (κ2) is 7.68. The van der Waals surface area contributed by atoms with Gasteiger partial charge in [0.1, 0.15) is 6.16 Å². The van der Waals surface area contributed by atoms with Crippen molar-refractivity contribution < 1.29 is 18.4 Å². The standard InChI is InChI=1S/C12H22NO4P/c1-12(2,8-6-5-7-9-13)11(14)10-18(15,16-3)17-4/h5-8,10H2,1-4H3. The molecule has 0 spiro atoms. The minimum Gasteiger partial charge on any atom is -0.312 e. The molecule has 0 aliphatic heterocycles. The number of nitriles is 1. The van der Waals surface area contributed by atoms with Crippen LogP contribution in [0.15, 0.2) is 0 Å². The Morgan fingerprint density at radius 1 is 1.28 bits per heavy atom. The molecular weight excluding hydrogens is 253 g/mol. The summed E-state index contributed by atoms with van der Waals surface area (Å²) in [7, 11) is -0.730. The van der Waals surface area contributed by atoms with Crippen LogP contribution < -0.4 is 0 Å². The van der Waals surface area contributed by atoms with E-state index in [0.29, 0.717) is 12.8 Å². The molecule has 0 N–H and O–H groups in total. The van der Waals surface area contributed by atoms with Gasteiger partial charge in [0, 0.05) is 26.1 Å². The predicted molar refractivity (Wildman–Crippen MR) is 69.4 cm³/mol. The van der Waals surface area contributed by atoms with Gasteiger partial charge in [0.05, 0.1) is 6.07 Å². The number of unbranched alkanes of at least 4 members (excludes halogenated alkanes) is 2. The average molecular weight is 275 g/mol. The lowest BCUT2D eigenvalue weighted by atomic mass is 9.83. The van der Waals surface area contributed by atoms with Crippen LogP contribution in [0.3, 0.4) is 0 Å². The van der Waals surface area contributed by atoms with Crippen molar-refractivity contribution in [2.75, 3.05) is 20.4 Å². The van der Waals surface area contributed by atoms with Crippen LogP contribution in [0.4, 0.5) is 0 Å². The van der Waals surface area contributed by atoms with Gasteiger partial charge in [-0.1, -0.05) is 20.3 Å². The zero-order valence-corrected chi connectivity index (χ0v) is 12.5. The van der Waals surface area contributed by atoms with Gasteiger partial charge in [-0.05, 0) is 12.8 Å². The molecule has 0 aromatic carbocycles. The molecule has 0 aromatic rings. The van der Waals surface area contributed by atoms with Gasteiger partial charge in [-0.2, -0.15) is 5.26 Å². The van der Waals surface area contributed by atoms with E-state index in [9.17, 15) is 9.36 Å². The summed E-state index contributed by atoms with van der Waals surface area (Å²) in [5.74, 6) is -0.133. The Kier molecular flexibility index (Phi) is 7.39. The molecule has 104 valence electrons. The topological polar surface area (TPSA) is 76.4 Å². The maximum absolute atomic E-state index is 12.1. The third-order valence-electron chi connectivity index (χ3n) is 2.99. The molecule has 0 saturated heterocycles. The summed E-state index contributed by atoms with van der Waals surface area (Å²) in [6.07, 6.45) is 2.54. The van der Waals surface area contributed by atoms with Crippen molar-refractivity contribution in [2.24, 2.45) is 5.41 Å². The van der Waals surface area contributed by atoms with E-state index in [-0.39, 0.29) is 11.9 Å².